The molecule has 1 amide bonds. The molecule has 2 rings (SSSR count). The van der Waals surface area contributed by atoms with Gasteiger partial charge < -0.3 is 15.2 Å². The van der Waals surface area contributed by atoms with Gasteiger partial charge >= 0.3 is 0 Å². The first-order valence-corrected chi connectivity index (χ1v) is 5.63. The van der Waals surface area contributed by atoms with Gasteiger partial charge in [0.25, 0.3) is 0 Å². The van der Waals surface area contributed by atoms with Gasteiger partial charge in [-0.2, -0.15) is 4.98 Å². The van der Waals surface area contributed by atoms with Crippen molar-refractivity contribution in [2.75, 3.05) is 11.9 Å². The maximum Gasteiger partial charge on any atom is 0.238 e. The monoisotopic (exact) mass is 266 g/mol. The third kappa shape index (κ3) is 3.83. The summed E-state index contributed by atoms with van der Waals surface area (Å²) in [6, 6.07) is 6.90. The van der Waals surface area contributed by atoms with E-state index in [-0.39, 0.29) is 12.5 Å². The highest BCUT2D eigenvalue weighted by Crippen LogP contribution is 2.12. The van der Waals surface area contributed by atoms with Crippen LogP contribution in [0.5, 0.6) is 0 Å². The number of rotatable bonds is 5. The maximum absolute atomic E-state index is 11.6. The number of halogens is 1. The predicted molar refractivity (Wildman–Crippen MR) is 66.1 cm³/mol. The molecule has 2 N–H and O–H groups in total. The van der Waals surface area contributed by atoms with Gasteiger partial charge in [0.15, 0.2) is 5.82 Å². The lowest BCUT2D eigenvalue weighted by atomic mass is 10.3. The number of aromatic nitrogens is 2. The van der Waals surface area contributed by atoms with Crippen molar-refractivity contribution in [3.8, 4) is 0 Å². The second-order valence-corrected chi connectivity index (χ2v) is 3.94. The SMILES string of the molecule is O=C(CNCc1ncon1)Nc1ccc(Cl)cc1. The average Bonchev–Trinajstić information content (AvgIpc) is 2.85. The molecule has 0 fully saturated rings. The molecule has 6 nitrogen and oxygen atoms in total. The van der Waals surface area contributed by atoms with E-state index >= 15 is 0 Å². The van der Waals surface area contributed by atoms with Crippen LogP contribution in [0, 0.1) is 0 Å². The Morgan fingerprint density at radius 2 is 2.11 bits per heavy atom. The topological polar surface area (TPSA) is 80.1 Å². The van der Waals surface area contributed by atoms with Crippen molar-refractivity contribution in [2.45, 2.75) is 6.54 Å². The largest absolute Gasteiger partial charge is 0.343 e. The van der Waals surface area contributed by atoms with Crippen LogP contribution >= 0.6 is 11.6 Å². The molecule has 7 heteroatoms. The van der Waals surface area contributed by atoms with E-state index in [2.05, 4.69) is 25.3 Å². The zero-order valence-electron chi connectivity index (χ0n) is 9.39. The van der Waals surface area contributed by atoms with Crippen LogP contribution in [-0.4, -0.2) is 22.6 Å². The Hall–Kier alpha value is -1.92. The second-order valence-electron chi connectivity index (χ2n) is 3.51. The number of hydrogen-bond acceptors (Lipinski definition) is 5. The number of amides is 1. The van der Waals surface area contributed by atoms with E-state index in [1.54, 1.807) is 24.3 Å². The van der Waals surface area contributed by atoms with Crippen molar-refractivity contribution in [1.29, 1.82) is 0 Å². The molecule has 0 saturated carbocycles. The van der Waals surface area contributed by atoms with Crippen molar-refractivity contribution < 1.29 is 9.32 Å². The van der Waals surface area contributed by atoms with E-state index in [1.807, 2.05) is 0 Å². The number of anilines is 1. The Balaban J connectivity index is 1.73. The number of benzene rings is 1. The van der Waals surface area contributed by atoms with Crippen LogP contribution in [0.25, 0.3) is 0 Å². The highest BCUT2D eigenvalue weighted by Gasteiger charge is 2.03. The summed E-state index contributed by atoms with van der Waals surface area (Å²) < 4.78 is 4.56. The summed E-state index contributed by atoms with van der Waals surface area (Å²) in [5.74, 6) is 0.357. The van der Waals surface area contributed by atoms with Gasteiger partial charge in [-0.15, -0.1) is 0 Å². The summed E-state index contributed by atoms with van der Waals surface area (Å²) in [5.41, 5.74) is 0.700. The standard InChI is InChI=1S/C11H11ClN4O2/c12-8-1-3-9(4-2-8)15-11(17)6-13-5-10-14-7-18-16-10/h1-4,7,13H,5-6H2,(H,15,17). The van der Waals surface area contributed by atoms with Gasteiger partial charge in [-0.25, -0.2) is 0 Å². The molecule has 1 aromatic heterocycles. The van der Waals surface area contributed by atoms with Crippen LogP contribution in [0.3, 0.4) is 0 Å². The molecule has 0 spiro atoms. The molecule has 1 heterocycles. The first-order chi connectivity index (χ1) is 8.74. The van der Waals surface area contributed by atoms with Crippen LogP contribution in [0.1, 0.15) is 5.82 Å². The molecular formula is C11H11ClN4O2. The number of carbonyl (C=O) groups excluding carboxylic acids is 1. The minimum atomic E-state index is -0.152. The van der Waals surface area contributed by atoms with E-state index < -0.39 is 0 Å². The van der Waals surface area contributed by atoms with E-state index in [0.717, 1.165) is 0 Å². The molecule has 0 atom stereocenters. The van der Waals surface area contributed by atoms with Gasteiger partial charge in [0, 0.05) is 10.7 Å². The lowest BCUT2D eigenvalue weighted by Crippen LogP contribution is -2.28. The Morgan fingerprint density at radius 3 is 2.78 bits per heavy atom. The van der Waals surface area contributed by atoms with Gasteiger partial charge in [-0.05, 0) is 24.3 Å². The Morgan fingerprint density at radius 1 is 1.33 bits per heavy atom. The van der Waals surface area contributed by atoms with Gasteiger partial charge in [0.1, 0.15) is 0 Å². The second kappa shape index (κ2) is 6.13. The molecular weight excluding hydrogens is 256 g/mol. The fourth-order valence-electron chi connectivity index (χ4n) is 1.30. The molecule has 2 aromatic rings. The molecule has 0 unspecified atom stereocenters. The van der Waals surface area contributed by atoms with Crippen LogP contribution in [0.2, 0.25) is 5.02 Å². The smallest absolute Gasteiger partial charge is 0.238 e. The summed E-state index contributed by atoms with van der Waals surface area (Å²) in [6.07, 6.45) is 1.24. The lowest BCUT2D eigenvalue weighted by molar-refractivity contribution is -0.115. The Bertz CT molecular complexity index is 498. The van der Waals surface area contributed by atoms with Crippen LogP contribution in [-0.2, 0) is 11.3 Å². The van der Waals surface area contributed by atoms with E-state index in [1.165, 1.54) is 6.39 Å². The number of hydrogen-bond donors (Lipinski definition) is 2. The van der Waals surface area contributed by atoms with Crippen LogP contribution in [0.15, 0.2) is 35.2 Å². The number of nitrogens with zero attached hydrogens (tertiary/aromatic N) is 2. The zero-order valence-corrected chi connectivity index (χ0v) is 10.1. The number of nitrogens with one attached hydrogen (secondary N) is 2. The third-order valence-corrected chi connectivity index (χ3v) is 2.36. The fraction of sp³-hybridized carbons (Fsp3) is 0.182. The lowest BCUT2D eigenvalue weighted by Gasteiger charge is -2.05. The summed E-state index contributed by atoms with van der Waals surface area (Å²) in [5, 5.41) is 9.86. The molecule has 1 aromatic carbocycles. The normalized spacial score (nSPS) is 10.3. The summed E-state index contributed by atoms with van der Waals surface area (Å²) in [4.78, 5) is 15.4. The first-order valence-electron chi connectivity index (χ1n) is 5.25. The van der Waals surface area contributed by atoms with Crippen molar-refractivity contribution in [1.82, 2.24) is 15.5 Å². The predicted octanol–water partition coefficient (Wildman–Crippen LogP) is 1.45. The minimum absolute atomic E-state index is 0.152. The number of carbonyl (C=O) groups is 1. The first kappa shape index (κ1) is 12.5. The quantitative estimate of drug-likeness (QED) is 0.856. The minimum Gasteiger partial charge on any atom is -0.343 e. The molecule has 0 bridgehead atoms. The summed E-state index contributed by atoms with van der Waals surface area (Å²) in [7, 11) is 0. The highest BCUT2D eigenvalue weighted by atomic mass is 35.5. The third-order valence-electron chi connectivity index (χ3n) is 2.10. The molecule has 0 aliphatic heterocycles. The van der Waals surface area contributed by atoms with Crippen molar-refractivity contribution >= 4 is 23.2 Å². The fourth-order valence-corrected chi connectivity index (χ4v) is 1.42. The molecule has 0 aliphatic carbocycles. The summed E-state index contributed by atoms with van der Waals surface area (Å²) in [6.45, 7) is 0.543. The van der Waals surface area contributed by atoms with E-state index in [4.69, 9.17) is 11.6 Å². The molecule has 18 heavy (non-hydrogen) atoms. The molecule has 0 radical (unpaired) electrons. The van der Waals surface area contributed by atoms with Gasteiger partial charge in [0.05, 0.1) is 13.1 Å². The molecule has 0 aliphatic rings. The Labute approximate surface area is 108 Å². The van der Waals surface area contributed by atoms with Crippen molar-refractivity contribution in [3.63, 3.8) is 0 Å². The van der Waals surface area contributed by atoms with Gasteiger partial charge in [0.2, 0.25) is 12.3 Å². The van der Waals surface area contributed by atoms with Crippen LogP contribution in [0.4, 0.5) is 5.69 Å². The van der Waals surface area contributed by atoms with Gasteiger partial charge in [-0.3, -0.25) is 4.79 Å². The molecule has 94 valence electrons. The zero-order chi connectivity index (χ0) is 12.8. The molecule has 0 saturated heterocycles. The Kier molecular flexibility index (Phi) is 4.27. The van der Waals surface area contributed by atoms with E-state index in [9.17, 15) is 4.79 Å². The summed E-state index contributed by atoms with van der Waals surface area (Å²) >= 11 is 5.74. The van der Waals surface area contributed by atoms with Crippen molar-refractivity contribution in [3.05, 3.63) is 41.5 Å². The highest BCUT2D eigenvalue weighted by molar-refractivity contribution is 6.30. The van der Waals surface area contributed by atoms with Gasteiger partial charge in [-0.1, -0.05) is 16.8 Å². The average molecular weight is 267 g/mol. The maximum atomic E-state index is 11.6. The van der Waals surface area contributed by atoms with Crippen molar-refractivity contribution in [2.24, 2.45) is 0 Å². The van der Waals surface area contributed by atoms with E-state index in [0.29, 0.717) is 23.1 Å². The van der Waals surface area contributed by atoms with Crippen LogP contribution < -0.4 is 10.6 Å².